The third kappa shape index (κ3) is 2.27. The lowest BCUT2D eigenvalue weighted by atomic mass is 10.3. The summed E-state index contributed by atoms with van der Waals surface area (Å²) in [4.78, 5) is 20.4. The number of nitrogens with zero attached hydrogens (tertiary/aromatic N) is 4. The topological polar surface area (TPSA) is 52.2 Å². The van der Waals surface area contributed by atoms with Crippen molar-refractivity contribution in [2.45, 2.75) is 20.4 Å². The van der Waals surface area contributed by atoms with Gasteiger partial charge in [0.15, 0.2) is 0 Å². The highest BCUT2D eigenvalue weighted by molar-refractivity contribution is 5.41. The fourth-order valence-corrected chi connectivity index (χ4v) is 2.04. The normalized spacial score (nSPS) is 11.1. The molecule has 0 fully saturated rings. The van der Waals surface area contributed by atoms with Gasteiger partial charge in [-0.25, -0.2) is 9.97 Å². The Hall–Kier alpha value is -2.43. The number of pyridine rings is 1. The summed E-state index contributed by atoms with van der Waals surface area (Å²) in [6, 6.07) is 5.51. The summed E-state index contributed by atoms with van der Waals surface area (Å²) >= 11 is 0. The van der Waals surface area contributed by atoms with Gasteiger partial charge in [0.25, 0.3) is 5.56 Å². The number of aryl methyl sites for hydroxylation is 2. The molecule has 0 amide bonds. The number of hydrogen-bond acceptors (Lipinski definition) is 3. The Kier molecular flexibility index (Phi) is 2.67. The van der Waals surface area contributed by atoms with Crippen LogP contribution in [0.3, 0.4) is 0 Å². The molecule has 0 bridgehead atoms. The average Bonchev–Trinajstić information content (AvgIpc) is 2.74. The van der Waals surface area contributed by atoms with Crippen LogP contribution in [0.25, 0.3) is 5.65 Å². The summed E-state index contributed by atoms with van der Waals surface area (Å²) in [5.74, 6) is 0. The fourth-order valence-electron chi connectivity index (χ4n) is 2.04. The standard InChI is InChI=1S/C14H14N4O/c1-10-3-4-13-16-12(7-17(13)6-10)8-18-9-15-11(2)5-14(18)19/h3-7,9H,8H2,1-2H3. The van der Waals surface area contributed by atoms with Crippen molar-refractivity contribution in [3.05, 3.63) is 64.2 Å². The summed E-state index contributed by atoms with van der Waals surface area (Å²) in [6.07, 6.45) is 5.52. The minimum absolute atomic E-state index is 0.0549. The second-order valence-electron chi connectivity index (χ2n) is 4.70. The predicted octanol–water partition coefficient (Wildman–Crippen LogP) is 1.56. The van der Waals surface area contributed by atoms with E-state index in [0.717, 1.165) is 17.0 Å². The van der Waals surface area contributed by atoms with Crippen molar-refractivity contribution in [3.8, 4) is 0 Å². The van der Waals surface area contributed by atoms with Crippen LogP contribution in [-0.4, -0.2) is 18.9 Å². The first-order valence-corrected chi connectivity index (χ1v) is 6.09. The lowest BCUT2D eigenvalue weighted by Crippen LogP contribution is -2.20. The van der Waals surface area contributed by atoms with Gasteiger partial charge in [0.05, 0.1) is 18.6 Å². The van der Waals surface area contributed by atoms with Crippen LogP contribution in [0.5, 0.6) is 0 Å². The summed E-state index contributed by atoms with van der Waals surface area (Å²) < 4.78 is 3.53. The van der Waals surface area contributed by atoms with Gasteiger partial charge in [-0.2, -0.15) is 0 Å². The van der Waals surface area contributed by atoms with Crippen molar-refractivity contribution in [2.24, 2.45) is 0 Å². The zero-order valence-corrected chi connectivity index (χ0v) is 10.9. The molecule has 0 spiro atoms. The maximum absolute atomic E-state index is 11.8. The first-order chi connectivity index (χ1) is 9.11. The molecule has 0 atom stereocenters. The van der Waals surface area contributed by atoms with Crippen LogP contribution in [0.1, 0.15) is 17.0 Å². The van der Waals surface area contributed by atoms with Crippen LogP contribution in [-0.2, 0) is 6.54 Å². The second-order valence-corrected chi connectivity index (χ2v) is 4.70. The quantitative estimate of drug-likeness (QED) is 0.697. The molecule has 0 N–H and O–H groups in total. The summed E-state index contributed by atoms with van der Waals surface area (Å²) in [7, 11) is 0. The van der Waals surface area contributed by atoms with Gasteiger partial charge in [-0.3, -0.25) is 9.36 Å². The van der Waals surface area contributed by atoms with E-state index in [2.05, 4.69) is 9.97 Å². The van der Waals surface area contributed by atoms with Crippen molar-refractivity contribution < 1.29 is 0 Å². The first kappa shape index (κ1) is 11.6. The van der Waals surface area contributed by atoms with Gasteiger partial charge in [0.1, 0.15) is 5.65 Å². The van der Waals surface area contributed by atoms with Crippen LogP contribution in [0.2, 0.25) is 0 Å². The van der Waals surface area contributed by atoms with Crippen LogP contribution in [0.15, 0.2) is 41.7 Å². The highest BCUT2D eigenvalue weighted by atomic mass is 16.1. The van der Waals surface area contributed by atoms with E-state index in [0.29, 0.717) is 6.54 Å². The molecule has 5 nitrogen and oxygen atoms in total. The Balaban J connectivity index is 1.99. The van der Waals surface area contributed by atoms with Crippen molar-refractivity contribution in [3.63, 3.8) is 0 Å². The van der Waals surface area contributed by atoms with Crippen LogP contribution in [0, 0.1) is 13.8 Å². The number of aromatic nitrogens is 4. The van der Waals surface area contributed by atoms with Crippen molar-refractivity contribution in [1.29, 1.82) is 0 Å². The fraction of sp³-hybridized carbons (Fsp3) is 0.214. The van der Waals surface area contributed by atoms with Gasteiger partial charge in [-0.1, -0.05) is 6.07 Å². The lowest BCUT2D eigenvalue weighted by Gasteiger charge is -2.01. The van der Waals surface area contributed by atoms with Gasteiger partial charge < -0.3 is 4.40 Å². The van der Waals surface area contributed by atoms with Gasteiger partial charge >= 0.3 is 0 Å². The number of fused-ring (bicyclic) bond motifs is 1. The molecule has 0 radical (unpaired) electrons. The smallest absolute Gasteiger partial charge is 0.253 e. The van der Waals surface area contributed by atoms with Gasteiger partial charge in [0.2, 0.25) is 0 Å². The van der Waals surface area contributed by atoms with Crippen LogP contribution in [0.4, 0.5) is 0 Å². The van der Waals surface area contributed by atoms with E-state index in [1.807, 2.05) is 35.9 Å². The maximum Gasteiger partial charge on any atom is 0.253 e. The zero-order chi connectivity index (χ0) is 13.4. The third-order valence-corrected chi connectivity index (χ3v) is 3.00. The minimum atomic E-state index is -0.0549. The van der Waals surface area contributed by atoms with Gasteiger partial charge in [-0.05, 0) is 25.5 Å². The Morgan fingerprint density at radius 1 is 1.21 bits per heavy atom. The van der Waals surface area contributed by atoms with E-state index in [9.17, 15) is 4.79 Å². The van der Waals surface area contributed by atoms with E-state index >= 15 is 0 Å². The van der Waals surface area contributed by atoms with Gasteiger partial charge in [-0.15, -0.1) is 0 Å². The molecule has 3 heterocycles. The van der Waals surface area contributed by atoms with E-state index in [4.69, 9.17) is 0 Å². The predicted molar refractivity (Wildman–Crippen MR) is 72.3 cm³/mol. The Bertz CT molecular complexity index is 801. The van der Waals surface area contributed by atoms with Gasteiger partial charge in [0, 0.05) is 24.2 Å². The van der Waals surface area contributed by atoms with Crippen LogP contribution >= 0.6 is 0 Å². The van der Waals surface area contributed by atoms with E-state index < -0.39 is 0 Å². The van der Waals surface area contributed by atoms with E-state index in [-0.39, 0.29) is 5.56 Å². The highest BCUT2D eigenvalue weighted by Crippen LogP contribution is 2.07. The second kappa shape index (κ2) is 4.35. The molecule has 0 unspecified atom stereocenters. The lowest BCUT2D eigenvalue weighted by molar-refractivity contribution is 0.717. The number of rotatable bonds is 2. The molecule has 0 saturated heterocycles. The average molecular weight is 254 g/mol. The molecule has 0 aliphatic carbocycles. The molecular weight excluding hydrogens is 240 g/mol. The number of hydrogen-bond donors (Lipinski definition) is 0. The molecule has 0 aliphatic heterocycles. The maximum atomic E-state index is 11.8. The molecule has 96 valence electrons. The Labute approximate surface area is 110 Å². The molecule has 5 heteroatoms. The van der Waals surface area contributed by atoms with Crippen molar-refractivity contribution in [1.82, 2.24) is 18.9 Å². The Morgan fingerprint density at radius 2 is 2.05 bits per heavy atom. The van der Waals surface area contributed by atoms with Crippen molar-refractivity contribution in [2.75, 3.05) is 0 Å². The summed E-state index contributed by atoms with van der Waals surface area (Å²) in [6.45, 7) is 4.28. The molecule has 3 aromatic heterocycles. The zero-order valence-electron chi connectivity index (χ0n) is 10.9. The number of imidazole rings is 1. The molecule has 19 heavy (non-hydrogen) atoms. The molecule has 0 saturated carbocycles. The highest BCUT2D eigenvalue weighted by Gasteiger charge is 2.04. The molecule has 3 rings (SSSR count). The van der Waals surface area contributed by atoms with E-state index in [1.165, 1.54) is 11.6 Å². The van der Waals surface area contributed by atoms with Crippen LogP contribution < -0.4 is 5.56 Å². The largest absolute Gasteiger partial charge is 0.306 e. The Morgan fingerprint density at radius 3 is 2.84 bits per heavy atom. The van der Waals surface area contributed by atoms with Crippen molar-refractivity contribution >= 4 is 5.65 Å². The third-order valence-electron chi connectivity index (χ3n) is 3.00. The summed E-state index contributed by atoms with van der Waals surface area (Å²) in [5, 5.41) is 0. The molecule has 0 aliphatic rings. The van der Waals surface area contributed by atoms with E-state index in [1.54, 1.807) is 17.8 Å². The summed E-state index contributed by atoms with van der Waals surface area (Å²) in [5.41, 5.74) is 3.57. The monoisotopic (exact) mass is 254 g/mol. The molecule has 3 aromatic rings. The molecular formula is C14H14N4O. The SMILES string of the molecule is Cc1ccc2nc(Cn3cnc(C)cc3=O)cn2c1. The minimum Gasteiger partial charge on any atom is -0.306 e. The molecule has 0 aromatic carbocycles. The first-order valence-electron chi connectivity index (χ1n) is 6.09.